The highest BCUT2D eigenvalue weighted by atomic mass is 16.3. The maximum atomic E-state index is 13.0. The van der Waals surface area contributed by atoms with Crippen molar-refractivity contribution in [2.75, 3.05) is 45.9 Å². The van der Waals surface area contributed by atoms with Gasteiger partial charge in [0, 0.05) is 56.4 Å². The summed E-state index contributed by atoms with van der Waals surface area (Å²) in [7, 11) is 0. The molecule has 0 radical (unpaired) electrons. The summed E-state index contributed by atoms with van der Waals surface area (Å²) in [5.74, 6) is 0. The Balaban J connectivity index is 1.49. The lowest BCUT2D eigenvalue weighted by Crippen LogP contribution is -2.47. The monoisotopic (exact) mass is 391 g/mol. The minimum Gasteiger partial charge on any atom is -0.395 e. The van der Waals surface area contributed by atoms with E-state index in [4.69, 9.17) is 5.11 Å². The molecule has 0 atom stereocenters. The fourth-order valence-electron chi connectivity index (χ4n) is 4.20. The van der Waals surface area contributed by atoms with Gasteiger partial charge in [0.2, 0.25) is 0 Å². The highest BCUT2D eigenvalue weighted by molar-refractivity contribution is 5.95. The second-order valence-corrected chi connectivity index (χ2v) is 7.71. The topological polar surface area (TPSA) is 48.7 Å². The number of hydrogen-bond acceptors (Lipinski definition) is 4. The van der Waals surface area contributed by atoms with E-state index in [-0.39, 0.29) is 12.2 Å². The van der Waals surface area contributed by atoms with Crippen LogP contribution in [-0.2, 0) is 6.54 Å². The van der Waals surface area contributed by atoms with E-state index in [1.165, 1.54) is 0 Å². The van der Waals surface area contributed by atoms with E-state index in [0.29, 0.717) is 0 Å². The van der Waals surface area contributed by atoms with E-state index in [0.717, 1.165) is 74.1 Å². The van der Waals surface area contributed by atoms with Gasteiger partial charge in [0.05, 0.1) is 6.61 Å². The molecule has 1 fully saturated rings. The van der Waals surface area contributed by atoms with Crippen LogP contribution in [0.25, 0.3) is 21.9 Å². The van der Waals surface area contributed by atoms with E-state index >= 15 is 0 Å². The summed E-state index contributed by atoms with van der Waals surface area (Å²) in [4.78, 5) is 17.8. The summed E-state index contributed by atoms with van der Waals surface area (Å²) < 4.78 is 1.88. The number of aromatic nitrogens is 1. The van der Waals surface area contributed by atoms with Gasteiger partial charge in [-0.2, -0.15) is 0 Å². The maximum Gasteiger partial charge on any atom is 0.258 e. The largest absolute Gasteiger partial charge is 0.395 e. The molecule has 1 aliphatic rings. The molecule has 0 aliphatic carbocycles. The number of piperazine rings is 1. The summed E-state index contributed by atoms with van der Waals surface area (Å²) in [6.07, 6.45) is 2.98. The minimum absolute atomic E-state index is 0.0908. The van der Waals surface area contributed by atoms with Gasteiger partial charge in [0.25, 0.3) is 5.56 Å². The Morgan fingerprint density at radius 2 is 1.38 bits per heavy atom. The third-order valence-electron chi connectivity index (χ3n) is 5.83. The van der Waals surface area contributed by atoms with Crippen LogP contribution in [0.2, 0.25) is 0 Å². The number of aliphatic hydroxyl groups excluding tert-OH is 1. The Morgan fingerprint density at radius 3 is 2.07 bits per heavy atom. The number of nitrogens with zero attached hydrogens (tertiary/aromatic N) is 3. The number of rotatable bonds is 7. The lowest BCUT2D eigenvalue weighted by atomic mass is 10.0. The highest BCUT2D eigenvalue weighted by Crippen LogP contribution is 2.26. The number of hydrogen-bond donors (Lipinski definition) is 1. The first kappa shape index (κ1) is 19.8. The molecule has 4 rings (SSSR count). The molecule has 152 valence electrons. The minimum atomic E-state index is 0.0908. The molecule has 1 saturated heterocycles. The lowest BCUT2D eigenvalue weighted by Gasteiger charge is -2.34. The van der Waals surface area contributed by atoms with Crippen LogP contribution in [0.4, 0.5) is 0 Å². The van der Waals surface area contributed by atoms with E-state index in [1.54, 1.807) is 0 Å². The molecule has 2 heterocycles. The van der Waals surface area contributed by atoms with Gasteiger partial charge >= 0.3 is 0 Å². The van der Waals surface area contributed by atoms with E-state index in [1.807, 2.05) is 53.2 Å². The van der Waals surface area contributed by atoms with Crippen LogP contribution in [0.1, 0.15) is 6.42 Å². The summed E-state index contributed by atoms with van der Waals surface area (Å²) >= 11 is 0. The maximum absolute atomic E-state index is 13.0. The molecule has 29 heavy (non-hydrogen) atoms. The molecule has 3 aromatic rings. The van der Waals surface area contributed by atoms with Gasteiger partial charge in [0.15, 0.2) is 0 Å². The second-order valence-electron chi connectivity index (χ2n) is 7.71. The summed E-state index contributed by atoms with van der Waals surface area (Å²) in [6.45, 7) is 6.79. The molecule has 0 saturated carbocycles. The van der Waals surface area contributed by atoms with Crippen LogP contribution >= 0.6 is 0 Å². The van der Waals surface area contributed by atoms with Crippen LogP contribution in [0.3, 0.4) is 0 Å². The molecule has 0 unspecified atom stereocenters. The van der Waals surface area contributed by atoms with Crippen LogP contribution in [0.5, 0.6) is 0 Å². The first-order valence-corrected chi connectivity index (χ1v) is 10.5. The van der Waals surface area contributed by atoms with Crippen LogP contribution < -0.4 is 5.56 Å². The van der Waals surface area contributed by atoms with Crippen molar-refractivity contribution < 1.29 is 5.11 Å². The van der Waals surface area contributed by atoms with E-state index < -0.39 is 0 Å². The lowest BCUT2D eigenvalue weighted by molar-refractivity contribution is 0.111. The van der Waals surface area contributed by atoms with Gasteiger partial charge in [-0.3, -0.25) is 9.69 Å². The third-order valence-corrected chi connectivity index (χ3v) is 5.83. The molecular weight excluding hydrogens is 362 g/mol. The molecular formula is C24H29N3O2. The quantitative estimate of drug-likeness (QED) is 0.673. The van der Waals surface area contributed by atoms with Gasteiger partial charge in [-0.25, -0.2) is 0 Å². The number of pyridine rings is 1. The van der Waals surface area contributed by atoms with Crippen LogP contribution in [0.15, 0.2) is 65.6 Å². The first-order valence-electron chi connectivity index (χ1n) is 10.5. The van der Waals surface area contributed by atoms with Crippen LogP contribution in [-0.4, -0.2) is 65.3 Å². The SMILES string of the molecule is O=c1c2ccccc2c(-c2ccccc2)cn1CCCN1CCN(CCO)CC1. The Morgan fingerprint density at radius 1 is 0.759 bits per heavy atom. The molecule has 2 aromatic carbocycles. The summed E-state index contributed by atoms with van der Waals surface area (Å²) in [6, 6.07) is 18.2. The Bertz CT molecular complexity index is 992. The van der Waals surface area contributed by atoms with Gasteiger partial charge in [-0.15, -0.1) is 0 Å². The summed E-state index contributed by atoms with van der Waals surface area (Å²) in [5.41, 5.74) is 2.34. The van der Waals surface area contributed by atoms with E-state index in [2.05, 4.69) is 21.9 Å². The molecule has 5 heteroatoms. The average Bonchev–Trinajstić information content (AvgIpc) is 2.77. The van der Waals surface area contributed by atoms with Crippen molar-refractivity contribution >= 4 is 10.8 Å². The van der Waals surface area contributed by atoms with Crippen molar-refractivity contribution in [3.63, 3.8) is 0 Å². The number of aliphatic hydroxyl groups is 1. The number of β-amino-alcohol motifs (C(OH)–C–C–N with tert-alkyl or cyclic N) is 1. The Kier molecular flexibility index (Phi) is 6.39. The van der Waals surface area contributed by atoms with Crippen molar-refractivity contribution in [3.8, 4) is 11.1 Å². The van der Waals surface area contributed by atoms with Gasteiger partial charge in [-0.05, 0) is 30.0 Å². The Labute approximate surface area is 171 Å². The number of aryl methyl sites for hydroxylation is 1. The Hall–Kier alpha value is -2.47. The third kappa shape index (κ3) is 4.58. The van der Waals surface area contributed by atoms with Crippen LogP contribution in [0, 0.1) is 0 Å². The van der Waals surface area contributed by atoms with Crippen molar-refractivity contribution in [3.05, 3.63) is 71.1 Å². The number of benzene rings is 2. The summed E-state index contributed by atoms with van der Waals surface area (Å²) in [5, 5.41) is 10.9. The molecule has 1 aromatic heterocycles. The van der Waals surface area contributed by atoms with Gasteiger partial charge in [-0.1, -0.05) is 48.5 Å². The fraction of sp³-hybridized carbons (Fsp3) is 0.375. The smallest absolute Gasteiger partial charge is 0.258 e. The standard InChI is InChI=1S/C24H29N3O2/c28-18-17-26-15-13-25(14-16-26)11-6-12-27-19-23(20-7-2-1-3-8-20)21-9-4-5-10-22(21)24(27)29/h1-5,7-10,19,28H,6,11-18H2. The molecule has 0 bridgehead atoms. The fourth-order valence-corrected chi connectivity index (χ4v) is 4.20. The van der Waals surface area contributed by atoms with Gasteiger partial charge in [0.1, 0.15) is 0 Å². The molecule has 0 spiro atoms. The van der Waals surface area contributed by atoms with Crippen molar-refractivity contribution in [2.24, 2.45) is 0 Å². The zero-order chi connectivity index (χ0) is 20.1. The second kappa shape index (κ2) is 9.35. The highest BCUT2D eigenvalue weighted by Gasteiger charge is 2.16. The van der Waals surface area contributed by atoms with E-state index in [9.17, 15) is 4.79 Å². The molecule has 1 aliphatic heterocycles. The molecule has 1 N–H and O–H groups in total. The van der Waals surface area contributed by atoms with Gasteiger partial charge < -0.3 is 14.6 Å². The molecule has 5 nitrogen and oxygen atoms in total. The first-order chi connectivity index (χ1) is 14.3. The predicted octanol–water partition coefficient (Wildman–Crippen LogP) is 2.67. The predicted molar refractivity (Wildman–Crippen MR) is 118 cm³/mol. The van der Waals surface area contributed by atoms with Crippen molar-refractivity contribution in [1.82, 2.24) is 14.4 Å². The van der Waals surface area contributed by atoms with Crippen molar-refractivity contribution in [2.45, 2.75) is 13.0 Å². The number of fused-ring (bicyclic) bond motifs is 1. The normalized spacial score (nSPS) is 15.8. The van der Waals surface area contributed by atoms with Crippen molar-refractivity contribution in [1.29, 1.82) is 0 Å². The zero-order valence-electron chi connectivity index (χ0n) is 16.8. The zero-order valence-corrected chi connectivity index (χ0v) is 16.8. The molecule has 0 amide bonds. The average molecular weight is 392 g/mol.